The Morgan fingerprint density at radius 3 is 2.31 bits per heavy atom. The molecule has 0 aliphatic rings. The number of hydrogen-bond acceptors (Lipinski definition) is 1. The molecule has 0 saturated heterocycles. The van der Waals surface area contributed by atoms with E-state index < -0.39 is 0 Å². The zero-order chi connectivity index (χ0) is 12.1. The van der Waals surface area contributed by atoms with Crippen LogP contribution in [0.4, 0.5) is 0 Å². The van der Waals surface area contributed by atoms with Gasteiger partial charge in [0.2, 0.25) is 0 Å². The van der Waals surface area contributed by atoms with Gasteiger partial charge in [-0.25, -0.2) is 0 Å². The Labute approximate surface area is 100 Å². The monoisotopic (exact) mass is 219 g/mol. The molecule has 0 spiro atoms. The lowest BCUT2D eigenvalue weighted by molar-refractivity contribution is 0.433. The second-order valence-electron chi connectivity index (χ2n) is 5.65. The molecule has 16 heavy (non-hydrogen) atoms. The van der Waals surface area contributed by atoms with Crippen LogP contribution in [0, 0.1) is 11.8 Å². The van der Waals surface area contributed by atoms with Crippen molar-refractivity contribution in [3.05, 3.63) is 29.6 Å². The van der Waals surface area contributed by atoms with E-state index in [1.54, 1.807) is 0 Å². The number of rotatable bonds is 5. The van der Waals surface area contributed by atoms with E-state index in [-0.39, 0.29) is 0 Å². The summed E-state index contributed by atoms with van der Waals surface area (Å²) in [6, 6.07) is 6.42. The molecular weight excluding hydrogens is 194 g/mol. The topological polar surface area (TPSA) is 12.9 Å². The molecule has 0 amide bonds. The zero-order valence-electron chi connectivity index (χ0n) is 11.3. The molecule has 0 fully saturated rings. The summed E-state index contributed by atoms with van der Waals surface area (Å²) in [6.07, 6.45) is 2.40. The van der Waals surface area contributed by atoms with Gasteiger partial charge in [0.05, 0.1) is 0 Å². The van der Waals surface area contributed by atoms with Gasteiger partial charge in [-0.1, -0.05) is 40.7 Å². The van der Waals surface area contributed by atoms with Crippen LogP contribution in [-0.2, 0) is 6.42 Å². The Balaban J connectivity index is 2.63. The van der Waals surface area contributed by atoms with Gasteiger partial charge in [-0.2, -0.15) is 0 Å². The lowest BCUT2D eigenvalue weighted by Crippen LogP contribution is -2.06. The first-order chi connectivity index (χ1) is 7.49. The summed E-state index contributed by atoms with van der Waals surface area (Å²) in [5.74, 6) is 2.04. The third kappa shape index (κ3) is 4.34. The highest BCUT2D eigenvalue weighted by molar-refractivity contribution is 5.14. The van der Waals surface area contributed by atoms with Crippen molar-refractivity contribution >= 4 is 0 Å². The minimum absolute atomic E-state index is 0.528. The van der Waals surface area contributed by atoms with Crippen LogP contribution in [0.1, 0.15) is 58.3 Å². The first-order valence-electron chi connectivity index (χ1n) is 6.44. The summed E-state index contributed by atoms with van der Waals surface area (Å²) < 4.78 is 0. The lowest BCUT2D eigenvalue weighted by atomic mass is 9.94. The summed E-state index contributed by atoms with van der Waals surface area (Å²) in [5.41, 5.74) is 2.47. The maximum atomic E-state index is 4.72. The molecule has 1 heterocycles. The highest BCUT2D eigenvalue weighted by Crippen LogP contribution is 2.17. The van der Waals surface area contributed by atoms with Gasteiger partial charge in [0, 0.05) is 11.4 Å². The van der Waals surface area contributed by atoms with Gasteiger partial charge in [-0.15, -0.1) is 0 Å². The molecule has 1 atom stereocenters. The molecule has 0 aliphatic heterocycles. The Morgan fingerprint density at radius 2 is 1.75 bits per heavy atom. The Morgan fingerprint density at radius 1 is 1.06 bits per heavy atom. The molecule has 1 aromatic rings. The molecule has 0 saturated carbocycles. The molecule has 1 unspecified atom stereocenters. The molecular formula is C15H25N. The molecule has 0 aliphatic carbocycles. The van der Waals surface area contributed by atoms with Crippen molar-refractivity contribution in [2.24, 2.45) is 11.8 Å². The molecule has 0 bridgehead atoms. The number of aromatic nitrogens is 1. The molecule has 1 aromatic heterocycles. The van der Waals surface area contributed by atoms with Crippen LogP contribution in [0.5, 0.6) is 0 Å². The van der Waals surface area contributed by atoms with Crippen LogP contribution in [-0.4, -0.2) is 4.98 Å². The summed E-state index contributed by atoms with van der Waals surface area (Å²) in [7, 11) is 0. The third-order valence-corrected chi connectivity index (χ3v) is 2.85. The third-order valence-electron chi connectivity index (χ3n) is 2.85. The molecule has 0 aromatic carbocycles. The van der Waals surface area contributed by atoms with E-state index in [0.29, 0.717) is 5.92 Å². The van der Waals surface area contributed by atoms with Crippen LogP contribution >= 0.6 is 0 Å². The van der Waals surface area contributed by atoms with Crippen LogP contribution in [0.15, 0.2) is 18.2 Å². The van der Waals surface area contributed by atoms with E-state index in [1.165, 1.54) is 17.8 Å². The summed E-state index contributed by atoms with van der Waals surface area (Å²) in [5, 5.41) is 0. The van der Waals surface area contributed by atoms with Gasteiger partial charge in [-0.3, -0.25) is 4.98 Å². The van der Waals surface area contributed by atoms with E-state index in [4.69, 9.17) is 4.98 Å². The van der Waals surface area contributed by atoms with Crippen molar-refractivity contribution in [3.63, 3.8) is 0 Å². The van der Waals surface area contributed by atoms with E-state index in [2.05, 4.69) is 52.8 Å². The second kappa shape index (κ2) is 6.03. The van der Waals surface area contributed by atoms with Gasteiger partial charge in [0.25, 0.3) is 0 Å². The van der Waals surface area contributed by atoms with Crippen molar-refractivity contribution in [2.75, 3.05) is 0 Å². The van der Waals surface area contributed by atoms with E-state index >= 15 is 0 Å². The molecule has 0 radical (unpaired) electrons. The summed E-state index contributed by atoms with van der Waals surface area (Å²) in [4.78, 5) is 4.72. The lowest BCUT2D eigenvalue weighted by Gasteiger charge is -2.14. The molecule has 90 valence electrons. The minimum atomic E-state index is 0.528. The Bertz CT molecular complexity index is 315. The summed E-state index contributed by atoms with van der Waals surface area (Å²) >= 11 is 0. The van der Waals surface area contributed by atoms with E-state index in [0.717, 1.165) is 18.3 Å². The SMILES string of the molecule is CC(C)CC(C)Cc1cccc(C(C)C)n1. The van der Waals surface area contributed by atoms with Crippen molar-refractivity contribution in [1.82, 2.24) is 4.98 Å². The fourth-order valence-corrected chi connectivity index (χ4v) is 2.18. The quantitative estimate of drug-likeness (QED) is 0.714. The van der Waals surface area contributed by atoms with Gasteiger partial charge >= 0.3 is 0 Å². The average molecular weight is 219 g/mol. The predicted molar refractivity (Wildman–Crippen MR) is 70.6 cm³/mol. The molecule has 1 heteroatoms. The first-order valence-corrected chi connectivity index (χ1v) is 6.44. The Kier molecular flexibility index (Phi) is 4.98. The number of nitrogens with zero attached hydrogens (tertiary/aromatic N) is 1. The fourth-order valence-electron chi connectivity index (χ4n) is 2.18. The molecule has 1 rings (SSSR count). The van der Waals surface area contributed by atoms with Gasteiger partial charge in [0.15, 0.2) is 0 Å². The van der Waals surface area contributed by atoms with Crippen molar-refractivity contribution in [1.29, 1.82) is 0 Å². The largest absolute Gasteiger partial charge is 0.258 e. The second-order valence-corrected chi connectivity index (χ2v) is 5.65. The maximum Gasteiger partial charge on any atom is 0.0432 e. The zero-order valence-corrected chi connectivity index (χ0v) is 11.3. The maximum absolute atomic E-state index is 4.72. The van der Waals surface area contributed by atoms with E-state index in [9.17, 15) is 0 Å². The van der Waals surface area contributed by atoms with Crippen molar-refractivity contribution in [3.8, 4) is 0 Å². The highest BCUT2D eigenvalue weighted by Gasteiger charge is 2.08. The first kappa shape index (κ1) is 13.2. The number of pyridine rings is 1. The summed E-state index contributed by atoms with van der Waals surface area (Å²) in [6.45, 7) is 11.3. The Hall–Kier alpha value is -0.850. The smallest absolute Gasteiger partial charge is 0.0432 e. The number of hydrogen-bond donors (Lipinski definition) is 0. The van der Waals surface area contributed by atoms with E-state index in [1.807, 2.05) is 0 Å². The van der Waals surface area contributed by atoms with Gasteiger partial charge in [-0.05, 0) is 42.7 Å². The normalized spacial score (nSPS) is 13.4. The standard InChI is InChI=1S/C15H25N/c1-11(2)9-13(5)10-14-7-6-8-15(16-14)12(3)4/h6-8,11-13H,9-10H2,1-5H3. The van der Waals surface area contributed by atoms with Crippen LogP contribution in [0.25, 0.3) is 0 Å². The van der Waals surface area contributed by atoms with Crippen molar-refractivity contribution < 1.29 is 0 Å². The fraction of sp³-hybridized carbons (Fsp3) is 0.667. The van der Waals surface area contributed by atoms with Crippen molar-refractivity contribution in [2.45, 2.75) is 53.4 Å². The van der Waals surface area contributed by atoms with Crippen LogP contribution in [0.3, 0.4) is 0 Å². The predicted octanol–water partition coefficient (Wildman–Crippen LogP) is 4.43. The van der Waals surface area contributed by atoms with Gasteiger partial charge < -0.3 is 0 Å². The molecule has 1 nitrogen and oxygen atoms in total. The highest BCUT2D eigenvalue weighted by atomic mass is 14.7. The average Bonchev–Trinajstić information content (AvgIpc) is 2.16. The van der Waals surface area contributed by atoms with Gasteiger partial charge in [0.1, 0.15) is 0 Å². The van der Waals surface area contributed by atoms with Crippen LogP contribution in [0.2, 0.25) is 0 Å². The minimum Gasteiger partial charge on any atom is -0.258 e. The molecule has 0 N–H and O–H groups in total. The van der Waals surface area contributed by atoms with Crippen LogP contribution < -0.4 is 0 Å².